The van der Waals surface area contributed by atoms with Crippen molar-refractivity contribution in [3.63, 3.8) is 0 Å². The second-order valence-corrected chi connectivity index (χ2v) is 4.60. The van der Waals surface area contributed by atoms with Crippen LogP contribution in [0.4, 0.5) is 0 Å². The van der Waals surface area contributed by atoms with E-state index in [4.69, 9.17) is 0 Å². The summed E-state index contributed by atoms with van der Waals surface area (Å²) in [6.07, 6.45) is 6.88. The van der Waals surface area contributed by atoms with Crippen LogP contribution < -0.4 is 10.6 Å². The number of hydrogen-bond donors (Lipinski definition) is 2. The first-order chi connectivity index (χ1) is 6.40. The molecule has 0 aromatic heterocycles. The molecule has 0 aromatic rings. The van der Waals surface area contributed by atoms with Crippen molar-refractivity contribution in [2.45, 2.75) is 51.1 Å². The van der Waals surface area contributed by atoms with Gasteiger partial charge in [-0.05, 0) is 38.3 Å². The molecule has 2 aliphatic rings. The van der Waals surface area contributed by atoms with E-state index in [1.807, 2.05) is 0 Å². The molecule has 2 saturated heterocycles. The van der Waals surface area contributed by atoms with E-state index < -0.39 is 0 Å². The standard InChI is InChI=1S/C11H22N2/c1-2-3-4-10-7-9-8-12-6-5-11(9)13-10/h9-13H,2-8H2,1H3. The number of rotatable bonds is 3. The van der Waals surface area contributed by atoms with E-state index in [2.05, 4.69) is 17.6 Å². The van der Waals surface area contributed by atoms with Crippen LogP contribution in [0.2, 0.25) is 0 Å². The van der Waals surface area contributed by atoms with Crippen LogP contribution in [0.1, 0.15) is 39.0 Å². The summed E-state index contributed by atoms with van der Waals surface area (Å²) in [7, 11) is 0. The van der Waals surface area contributed by atoms with Crippen LogP contribution in [-0.2, 0) is 0 Å². The van der Waals surface area contributed by atoms with Gasteiger partial charge in [0.15, 0.2) is 0 Å². The number of unbranched alkanes of at least 4 members (excludes halogenated alkanes) is 1. The van der Waals surface area contributed by atoms with Crippen molar-refractivity contribution in [3.8, 4) is 0 Å². The Labute approximate surface area is 81.5 Å². The van der Waals surface area contributed by atoms with Crippen LogP contribution in [0.25, 0.3) is 0 Å². The molecule has 0 bridgehead atoms. The lowest BCUT2D eigenvalue weighted by atomic mass is 9.93. The Morgan fingerprint density at radius 2 is 2.31 bits per heavy atom. The topological polar surface area (TPSA) is 24.1 Å². The summed E-state index contributed by atoms with van der Waals surface area (Å²) in [4.78, 5) is 0. The normalized spacial score (nSPS) is 39.0. The van der Waals surface area contributed by atoms with Crippen molar-refractivity contribution in [2.24, 2.45) is 5.92 Å². The van der Waals surface area contributed by atoms with Gasteiger partial charge in [0.25, 0.3) is 0 Å². The van der Waals surface area contributed by atoms with E-state index in [-0.39, 0.29) is 0 Å². The van der Waals surface area contributed by atoms with Gasteiger partial charge in [0, 0.05) is 12.1 Å². The van der Waals surface area contributed by atoms with Gasteiger partial charge in [-0.15, -0.1) is 0 Å². The lowest BCUT2D eigenvalue weighted by Gasteiger charge is -2.25. The summed E-state index contributed by atoms with van der Waals surface area (Å²) in [5.74, 6) is 0.926. The Bertz CT molecular complexity index is 144. The molecule has 0 spiro atoms. The van der Waals surface area contributed by atoms with Crippen molar-refractivity contribution >= 4 is 0 Å². The minimum atomic E-state index is 0.829. The summed E-state index contributed by atoms with van der Waals surface area (Å²) in [5, 5.41) is 7.28. The first-order valence-electron chi connectivity index (χ1n) is 5.87. The highest BCUT2D eigenvalue weighted by atomic mass is 15.0. The Kier molecular flexibility index (Phi) is 3.23. The van der Waals surface area contributed by atoms with Gasteiger partial charge >= 0.3 is 0 Å². The fourth-order valence-electron chi connectivity index (χ4n) is 2.78. The van der Waals surface area contributed by atoms with Crippen molar-refractivity contribution in [2.75, 3.05) is 13.1 Å². The van der Waals surface area contributed by atoms with E-state index in [1.54, 1.807) is 0 Å². The molecule has 2 heteroatoms. The number of hydrogen-bond acceptors (Lipinski definition) is 2. The molecule has 2 aliphatic heterocycles. The summed E-state index contributed by atoms with van der Waals surface area (Å²) < 4.78 is 0. The van der Waals surface area contributed by atoms with Gasteiger partial charge in [0.1, 0.15) is 0 Å². The predicted molar refractivity (Wildman–Crippen MR) is 55.8 cm³/mol. The Morgan fingerprint density at radius 3 is 3.08 bits per heavy atom. The van der Waals surface area contributed by atoms with Gasteiger partial charge in [-0.2, -0.15) is 0 Å². The molecule has 2 N–H and O–H groups in total. The van der Waals surface area contributed by atoms with Gasteiger partial charge in [-0.25, -0.2) is 0 Å². The smallest absolute Gasteiger partial charge is 0.0123 e. The van der Waals surface area contributed by atoms with Crippen molar-refractivity contribution < 1.29 is 0 Å². The first-order valence-corrected chi connectivity index (χ1v) is 5.87. The van der Waals surface area contributed by atoms with Gasteiger partial charge in [0.05, 0.1) is 0 Å². The molecular formula is C11H22N2. The second-order valence-electron chi connectivity index (χ2n) is 4.60. The molecule has 76 valence electrons. The molecule has 0 aromatic carbocycles. The minimum Gasteiger partial charge on any atom is -0.316 e. The summed E-state index contributed by atoms with van der Waals surface area (Å²) in [6.45, 7) is 4.75. The van der Waals surface area contributed by atoms with Crippen LogP contribution in [0.3, 0.4) is 0 Å². The van der Waals surface area contributed by atoms with E-state index in [9.17, 15) is 0 Å². The summed E-state index contributed by atoms with van der Waals surface area (Å²) in [6, 6.07) is 1.66. The summed E-state index contributed by atoms with van der Waals surface area (Å²) in [5.41, 5.74) is 0. The van der Waals surface area contributed by atoms with E-state index in [0.717, 1.165) is 18.0 Å². The lowest BCUT2D eigenvalue weighted by Crippen LogP contribution is -2.42. The molecule has 0 radical (unpaired) electrons. The van der Waals surface area contributed by atoms with Crippen LogP contribution >= 0.6 is 0 Å². The zero-order chi connectivity index (χ0) is 9.10. The molecule has 13 heavy (non-hydrogen) atoms. The minimum absolute atomic E-state index is 0.829. The fraction of sp³-hybridized carbons (Fsp3) is 1.00. The average Bonchev–Trinajstić information content (AvgIpc) is 2.57. The molecule has 0 aliphatic carbocycles. The molecule has 0 saturated carbocycles. The van der Waals surface area contributed by atoms with E-state index >= 15 is 0 Å². The molecule has 3 atom stereocenters. The highest BCUT2D eigenvalue weighted by Crippen LogP contribution is 2.26. The van der Waals surface area contributed by atoms with Crippen molar-refractivity contribution in [1.82, 2.24) is 10.6 Å². The van der Waals surface area contributed by atoms with Crippen LogP contribution in [-0.4, -0.2) is 25.2 Å². The van der Waals surface area contributed by atoms with Crippen molar-refractivity contribution in [1.29, 1.82) is 0 Å². The SMILES string of the molecule is CCCCC1CC2CNCCC2N1. The van der Waals surface area contributed by atoms with Gasteiger partial charge in [0.2, 0.25) is 0 Å². The maximum atomic E-state index is 3.79. The van der Waals surface area contributed by atoms with E-state index in [0.29, 0.717) is 0 Å². The average molecular weight is 182 g/mol. The maximum Gasteiger partial charge on any atom is 0.0123 e. The van der Waals surface area contributed by atoms with Crippen LogP contribution in [0, 0.1) is 5.92 Å². The van der Waals surface area contributed by atoms with Gasteiger partial charge in [-0.3, -0.25) is 0 Å². The third-order valence-corrected chi connectivity index (χ3v) is 3.55. The fourth-order valence-corrected chi connectivity index (χ4v) is 2.78. The van der Waals surface area contributed by atoms with Crippen LogP contribution in [0.15, 0.2) is 0 Å². The zero-order valence-electron chi connectivity index (χ0n) is 8.68. The highest BCUT2D eigenvalue weighted by Gasteiger charge is 2.34. The first kappa shape index (κ1) is 9.47. The second kappa shape index (κ2) is 4.43. The van der Waals surface area contributed by atoms with Gasteiger partial charge < -0.3 is 10.6 Å². The maximum absolute atomic E-state index is 3.79. The van der Waals surface area contributed by atoms with Gasteiger partial charge in [-0.1, -0.05) is 19.8 Å². The quantitative estimate of drug-likeness (QED) is 0.691. The van der Waals surface area contributed by atoms with Crippen LogP contribution in [0.5, 0.6) is 0 Å². The Balaban J connectivity index is 1.77. The molecule has 2 fully saturated rings. The number of fused-ring (bicyclic) bond motifs is 1. The van der Waals surface area contributed by atoms with E-state index in [1.165, 1.54) is 45.2 Å². The Morgan fingerprint density at radius 1 is 1.38 bits per heavy atom. The molecule has 2 nitrogen and oxygen atoms in total. The molecule has 0 amide bonds. The molecular weight excluding hydrogens is 160 g/mol. The lowest BCUT2D eigenvalue weighted by molar-refractivity contribution is 0.343. The third kappa shape index (κ3) is 2.23. The molecule has 3 unspecified atom stereocenters. The Hall–Kier alpha value is -0.0800. The molecule has 2 rings (SSSR count). The zero-order valence-corrected chi connectivity index (χ0v) is 8.68. The predicted octanol–water partition coefficient (Wildman–Crippen LogP) is 1.52. The third-order valence-electron chi connectivity index (χ3n) is 3.55. The summed E-state index contributed by atoms with van der Waals surface area (Å²) >= 11 is 0. The highest BCUT2D eigenvalue weighted by molar-refractivity contribution is 4.94. The monoisotopic (exact) mass is 182 g/mol. The van der Waals surface area contributed by atoms with Crippen molar-refractivity contribution in [3.05, 3.63) is 0 Å². The number of nitrogens with one attached hydrogen (secondary N) is 2. The molecule has 2 heterocycles. The number of piperidine rings is 1. The largest absolute Gasteiger partial charge is 0.316 e.